The molecule has 2 aromatic rings. The molecule has 4 N–H and O–H groups in total. The molecule has 2 aromatic carbocycles. The van der Waals surface area contributed by atoms with Gasteiger partial charge in [0.15, 0.2) is 0 Å². The smallest absolute Gasteiger partial charge is 0.337 e. The van der Waals surface area contributed by atoms with E-state index in [9.17, 15) is 9.90 Å². The average molecular weight is 286 g/mol. The Hall–Kier alpha value is -2.69. The van der Waals surface area contributed by atoms with Crippen LogP contribution in [0.4, 0.5) is 11.4 Å². The Bertz CT molecular complexity index is 624. The van der Waals surface area contributed by atoms with Crippen LogP contribution in [-0.2, 0) is 11.2 Å². The van der Waals surface area contributed by atoms with Crippen LogP contribution >= 0.6 is 0 Å². The lowest BCUT2D eigenvalue weighted by Gasteiger charge is -2.11. The predicted molar refractivity (Wildman–Crippen MR) is 82.5 cm³/mol. The third-order valence-electron chi connectivity index (χ3n) is 3.14. The zero-order chi connectivity index (χ0) is 15.2. The third-order valence-corrected chi connectivity index (χ3v) is 3.14. The van der Waals surface area contributed by atoms with E-state index < -0.39 is 5.97 Å². The Balaban J connectivity index is 1.99. The van der Waals surface area contributed by atoms with Crippen molar-refractivity contribution in [2.45, 2.75) is 6.42 Å². The van der Waals surface area contributed by atoms with Crippen LogP contribution in [0.25, 0.3) is 0 Å². The normalized spacial score (nSPS) is 10.1. The van der Waals surface area contributed by atoms with Gasteiger partial charge < -0.3 is 20.9 Å². The van der Waals surface area contributed by atoms with Crippen molar-refractivity contribution in [2.24, 2.45) is 0 Å². The molecule has 21 heavy (non-hydrogen) atoms. The number of methoxy groups -OCH3 is 1. The van der Waals surface area contributed by atoms with Gasteiger partial charge in [0.2, 0.25) is 0 Å². The van der Waals surface area contributed by atoms with E-state index in [1.165, 1.54) is 7.11 Å². The molecule has 2 rings (SSSR count). The molecular weight excluding hydrogens is 268 g/mol. The molecule has 0 aromatic heterocycles. The Labute approximate surface area is 123 Å². The molecule has 0 radical (unpaired) electrons. The first-order chi connectivity index (χ1) is 10.1. The molecule has 0 fully saturated rings. The second-order valence-corrected chi connectivity index (χ2v) is 4.64. The highest BCUT2D eigenvalue weighted by atomic mass is 16.5. The van der Waals surface area contributed by atoms with Gasteiger partial charge in [-0.1, -0.05) is 12.1 Å². The van der Waals surface area contributed by atoms with Gasteiger partial charge in [-0.2, -0.15) is 0 Å². The summed E-state index contributed by atoms with van der Waals surface area (Å²) >= 11 is 0. The number of phenols is 1. The third kappa shape index (κ3) is 3.89. The van der Waals surface area contributed by atoms with Crippen LogP contribution in [0.5, 0.6) is 5.75 Å². The highest BCUT2D eigenvalue weighted by Crippen LogP contribution is 2.20. The Morgan fingerprint density at radius 1 is 1.24 bits per heavy atom. The van der Waals surface area contributed by atoms with Crippen LogP contribution in [0.2, 0.25) is 0 Å². The number of benzene rings is 2. The SMILES string of the molecule is COC(=O)c1ccc(N)c(NCCc2ccc(O)cc2)c1. The Morgan fingerprint density at radius 3 is 2.62 bits per heavy atom. The fourth-order valence-corrected chi connectivity index (χ4v) is 1.96. The van der Waals surface area contributed by atoms with Gasteiger partial charge in [-0.15, -0.1) is 0 Å². The predicted octanol–water partition coefficient (Wildman–Crippen LogP) is 2.42. The van der Waals surface area contributed by atoms with E-state index in [1.54, 1.807) is 30.3 Å². The molecule has 0 spiro atoms. The van der Waals surface area contributed by atoms with E-state index in [0.29, 0.717) is 23.5 Å². The van der Waals surface area contributed by atoms with E-state index in [2.05, 4.69) is 10.1 Å². The van der Waals surface area contributed by atoms with Crippen LogP contribution in [0, 0.1) is 0 Å². The minimum Gasteiger partial charge on any atom is -0.508 e. The fourth-order valence-electron chi connectivity index (χ4n) is 1.96. The lowest BCUT2D eigenvalue weighted by Crippen LogP contribution is -2.09. The van der Waals surface area contributed by atoms with E-state index in [0.717, 1.165) is 12.0 Å². The molecule has 0 unspecified atom stereocenters. The van der Waals surface area contributed by atoms with Gasteiger partial charge in [-0.3, -0.25) is 0 Å². The van der Waals surface area contributed by atoms with Crippen molar-refractivity contribution in [3.8, 4) is 5.75 Å². The van der Waals surface area contributed by atoms with Gasteiger partial charge in [0.05, 0.1) is 24.0 Å². The maximum absolute atomic E-state index is 11.5. The number of hydrogen-bond acceptors (Lipinski definition) is 5. The van der Waals surface area contributed by atoms with Crippen molar-refractivity contribution in [3.05, 3.63) is 53.6 Å². The number of anilines is 2. The molecule has 5 heteroatoms. The van der Waals surface area contributed by atoms with E-state index in [1.807, 2.05) is 12.1 Å². The van der Waals surface area contributed by atoms with Crippen molar-refractivity contribution < 1.29 is 14.6 Å². The first-order valence-electron chi connectivity index (χ1n) is 6.60. The number of carbonyl (C=O) groups is 1. The summed E-state index contributed by atoms with van der Waals surface area (Å²) in [5, 5.41) is 12.4. The number of esters is 1. The Morgan fingerprint density at radius 2 is 1.95 bits per heavy atom. The fraction of sp³-hybridized carbons (Fsp3) is 0.188. The molecule has 0 heterocycles. The highest BCUT2D eigenvalue weighted by molar-refractivity contribution is 5.91. The summed E-state index contributed by atoms with van der Waals surface area (Å²) in [5.41, 5.74) is 8.72. The topological polar surface area (TPSA) is 84.6 Å². The number of phenolic OH excluding ortho intramolecular Hbond substituents is 1. The van der Waals surface area contributed by atoms with Crippen molar-refractivity contribution in [1.29, 1.82) is 0 Å². The van der Waals surface area contributed by atoms with Gasteiger partial charge in [-0.25, -0.2) is 4.79 Å². The highest BCUT2D eigenvalue weighted by Gasteiger charge is 2.08. The maximum Gasteiger partial charge on any atom is 0.337 e. The Kier molecular flexibility index (Phi) is 4.66. The summed E-state index contributed by atoms with van der Waals surface area (Å²) in [4.78, 5) is 11.5. The molecule has 0 saturated carbocycles. The molecule has 0 aliphatic heterocycles. The number of rotatable bonds is 5. The van der Waals surface area contributed by atoms with Gasteiger partial charge in [0.1, 0.15) is 5.75 Å². The summed E-state index contributed by atoms with van der Waals surface area (Å²) in [6.07, 6.45) is 0.780. The average Bonchev–Trinajstić information content (AvgIpc) is 2.50. The minimum atomic E-state index is -0.392. The molecule has 0 amide bonds. The molecule has 0 bridgehead atoms. The zero-order valence-electron chi connectivity index (χ0n) is 11.8. The molecule has 5 nitrogen and oxygen atoms in total. The summed E-state index contributed by atoms with van der Waals surface area (Å²) in [5.74, 6) is -0.140. The van der Waals surface area contributed by atoms with Crippen molar-refractivity contribution >= 4 is 17.3 Å². The largest absolute Gasteiger partial charge is 0.508 e. The molecular formula is C16H18N2O3. The monoisotopic (exact) mass is 286 g/mol. The summed E-state index contributed by atoms with van der Waals surface area (Å²) in [6.45, 7) is 0.666. The van der Waals surface area contributed by atoms with E-state index in [4.69, 9.17) is 5.73 Å². The number of hydrogen-bond donors (Lipinski definition) is 3. The van der Waals surface area contributed by atoms with Crippen LogP contribution < -0.4 is 11.1 Å². The molecule has 110 valence electrons. The summed E-state index contributed by atoms with van der Waals surface area (Å²) < 4.78 is 4.68. The van der Waals surface area contributed by atoms with Gasteiger partial charge in [-0.05, 0) is 42.3 Å². The van der Waals surface area contributed by atoms with Crippen LogP contribution in [0.3, 0.4) is 0 Å². The number of ether oxygens (including phenoxy) is 1. The number of nitrogen functional groups attached to an aromatic ring is 1. The maximum atomic E-state index is 11.5. The van der Waals surface area contributed by atoms with Gasteiger partial charge in [0, 0.05) is 6.54 Å². The van der Waals surface area contributed by atoms with Crippen LogP contribution in [-0.4, -0.2) is 24.7 Å². The second kappa shape index (κ2) is 6.65. The molecule has 0 saturated heterocycles. The number of nitrogens with two attached hydrogens (primary N) is 1. The van der Waals surface area contributed by atoms with Gasteiger partial charge >= 0.3 is 5.97 Å². The van der Waals surface area contributed by atoms with Gasteiger partial charge in [0.25, 0.3) is 0 Å². The quantitative estimate of drug-likeness (QED) is 0.580. The second-order valence-electron chi connectivity index (χ2n) is 4.64. The zero-order valence-corrected chi connectivity index (χ0v) is 11.8. The lowest BCUT2D eigenvalue weighted by molar-refractivity contribution is 0.0601. The lowest BCUT2D eigenvalue weighted by atomic mass is 10.1. The van der Waals surface area contributed by atoms with E-state index >= 15 is 0 Å². The summed E-state index contributed by atoms with van der Waals surface area (Å²) in [7, 11) is 1.34. The van der Waals surface area contributed by atoms with Crippen molar-refractivity contribution in [2.75, 3.05) is 24.7 Å². The molecule has 0 atom stereocenters. The van der Waals surface area contributed by atoms with Crippen molar-refractivity contribution in [1.82, 2.24) is 0 Å². The number of aromatic hydroxyl groups is 1. The number of carbonyl (C=O) groups excluding carboxylic acids is 1. The first-order valence-corrected chi connectivity index (χ1v) is 6.60. The minimum absolute atomic E-state index is 0.252. The summed E-state index contributed by atoms with van der Waals surface area (Å²) in [6, 6.07) is 12.0. The van der Waals surface area contributed by atoms with Crippen LogP contribution in [0.15, 0.2) is 42.5 Å². The van der Waals surface area contributed by atoms with Crippen molar-refractivity contribution in [3.63, 3.8) is 0 Å². The molecule has 0 aliphatic rings. The standard InChI is InChI=1S/C16H18N2O3/c1-21-16(20)12-4-7-14(17)15(10-12)18-9-8-11-2-5-13(19)6-3-11/h2-7,10,18-19H,8-9,17H2,1H3. The number of nitrogens with one attached hydrogen (secondary N) is 1. The van der Waals surface area contributed by atoms with E-state index in [-0.39, 0.29) is 5.75 Å². The molecule has 0 aliphatic carbocycles. The first kappa shape index (κ1) is 14.7. The van der Waals surface area contributed by atoms with Crippen LogP contribution in [0.1, 0.15) is 15.9 Å².